The van der Waals surface area contributed by atoms with Gasteiger partial charge in [0.25, 0.3) is 5.56 Å². The second-order valence-electron chi connectivity index (χ2n) is 6.13. The highest BCUT2D eigenvalue weighted by atomic mass is 19.1. The number of carbonyl (C=O) groups is 1. The molecule has 0 fully saturated rings. The number of fused-ring (bicyclic) bond motifs is 1. The van der Waals surface area contributed by atoms with E-state index in [1.165, 1.54) is 22.8 Å². The van der Waals surface area contributed by atoms with Crippen molar-refractivity contribution < 1.29 is 9.18 Å². The number of halogens is 1. The van der Waals surface area contributed by atoms with Gasteiger partial charge >= 0.3 is 0 Å². The zero-order chi connectivity index (χ0) is 18.7. The molecule has 5 nitrogen and oxygen atoms in total. The van der Waals surface area contributed by atoms with E-state index in [4.69, 9.17) is 0 Å². The Labute approximate surface area is 150 Å². The summed E-state index contributed by atoms with van der Waals surface area (Å²) < 4.78 is 15.5. The number of benzene rings is 2. The Bertz CT molecular complexity index is 1030. The molecule has 1 amide bonds. The van der Waals surface area contributed by atoms with Crippen LogP contribution >= 0.6 is 0 Å². The molecule has 26 heavy (non-hydrogen) atoms. The molecule has 0 aliphatic rings. The molecule has 0 unspecified atom stereocenters. The van der Waals surface area contributed by atoms with Crippen molar-refractivity contribution in [2.75, 3.05) is 5.32 Å². The Balaban J connectivity index is 2.05. The van der Waals surface area contributed by atoms with Crippen LogP contribution < -0.4 is 10.9 Å². The van der Waals surface area contributed by atoms with Crippen LogP contribution in [0.1, 0.15) is 32.0 Å². The van der Waals surface area contributed by atoms with Crippen LogP contribution in [0.4, 0.5) is 10.1 Å². The van der Waals surface area contributed by atoms with Crippen LogP contribution in [0.2, 0.25) is 0 Å². The minimum Gasteiger partial charge on any atom is -0.324 e. The lowest BCUT2D eigenvalue weighted by molar-refractivity contribution is -0.116. The zero-order valence-corrected chi connectivity index (χ0v) is 14.8. The standard InChI is InChI=1S/C20H20FN3O2/c1-3-4-9-19(25)23-18-12-14(10-11-16(18)21)24-13(2)22-17-8-6-5-7-15(17)20(24)26/h5-8,10-12H,3-4,9H2,1-2H3,(H,23,25). The Kier molecular flexibility index (Phi) is 5.11. The normalized spacial score (nSPS) is 10.9. The summed E-state index contributed by atoms with van der Waals surface area (Å²) in [4.78, 5) is 29.2. The van der Waals surface area contributed by atoms with Crippen molar-refractivity contribution in [3.8, 4) is 5.69 Å². The van der Waals surface area contributed by atoms with E-state index < -0.39 is 5.82 Å². The minimum atomic E-state index is -0.543. The molecule has 0 spiro atoms. The molecular formula is C20H20FN3O2. The number of aromatic nitrogens is 2. The molecule has 134 valence electrons. The Morgan fingerprint density at radius 3 is 2.77 bits per heavy atom. The number of nitrogens with one attached hydrogen (secondary N) is 1. The van der Waals surface area contributed by atoms with Gasteiger partial charge in [-0.2, -0.15) is 0 Å². The molecule has 0 bridgehead atoms. The number of rotatable bonds is 5. The fourth-order valence-corrected chi connectivity index (χ4v) is 2.85. The van der Waals surface area contributed by atoms with E-state index in [-0.39, 0.29) is 17.2 Å². The van der Waals surface area contributed by atoms with E-state index in [9.17, 15) is 14.0 Å². The lowest BCUT2D eigenvalue weighted by Crippen LogP contribution is -2.22. The number of amides is 1. The Morgan fingerprint density at radius 2 is 2.00 bits per heavy atom. The van der Waals surface area contributed by atoms with Crippen LogP contribution in [-0.4, -0.2) is 15.5 Å². The first-order chi connectivity index (χ1) is 12.5. The molecular weight excluding hydrogens is 333 g/mol. The molecule has 0 saturated heterocycles. The summed E-state index contributed by atoms with van der Waals surface area (Å²) >= 11 is 0. The van der Waals surface area contributed by atoms with E-state index >= 15 is 0 Å². The van der Waals surface area contributed by atoms with E-state index in [2.05, 4.69) is 10.3 Å². The van der Waals surface area contributed by atoms with Crippen LogP contribution in [0.25, 0.3) is 16.6 Å². The summed E-state index contributed by atoms with van der Waals surface area (Å²) in [6, 6.07) is 11.3. The molecule has 3 rings (SSSR count). The molecule has 0 radical (unpaired) electrons. The van der Waals surface area contributed by atoms with Gasteiger partial charge in [0.1, 0.15) is 11.6 Å². The number of hydrogen-bond acceptors (Lipinski definition) is 3. The Hall–Kier alpha value is -3.02. The average molecular weight is 353 g/mol. The van der Waals surface area contributed by atoms with Crippen LogP contribution in [0.3, 0.4) is 0 Å². The number of unbranched alkanes of at least 4 members (excludes halogenated alkanes) is 1. The third-order valence-corrected chi connectivity index (χ3v) is 4.18. The van der Waals surface area contributed by atoms with E-state index in [0.29, 0.717) is 28.8 Å². The molecule has 0 aliphatic carbocycles. The van der Waals surface area contributed by atoms with Crippen molar-refractivity contribution in [1.29, 1.82) is 0 Å². The van der Waals surface area contributed by atoms with Gasteiger partial charge in [-0.05, 0) is 43.7 Å². The largest absolute Gasteiger partial charge is 0.324 e. The van der Waals surface area contributed by atoms with Gasteiger partial charge < -0.3 is 5.32 Å². The fourth-order valence-electron chi connectivity index (χ4n) is 2.85. The molecule has 0 aliphatic heterocycles. The fraction of sp³-hybridized carbons (Fsp3) is 0.250. The van der Waals surface area contributed by atoms with Crippen LogP contribution in [0.15, 0.2) is 47.3 Å². The SMILES string of the molecule is CCCCC(=O)Nc1cc(-n2c(C)nc3ccccc3c2=O)ccc1F. The number of carbonyl (C=O) groups excluding carboxylic acids is 1. The van der Waals surface area contributed by atoms with E-state index in [1.54, 1.807) is 25.1 Å². The smallest absolute Gasteiger partial charge is 0.265 e. The summed E-state index contributed by atoms with van der Waals surface area (Å²) in [5.74, 6) is -0.301. The second-order valence-corrected chi connectivity index (χ2v) is 6.13. The summed E-state index contributed by atoms with van der Waals surface area (Å²) in [5, 5.41) is 3.06. The van der Waals surface area contributed by atoms with Crippen molar-refractivity contribution in [3.05, 3.63) is 64.5 Å². The highest BCUT2D eigenvalue weighted by molar-refractivity contribution is 5.91. The Morgan fingerprint density at radius 1 is 1.23 bits per heavy atom. The van der Waals surface area contributed by atoms with Crippen molar-refractivity contribution in [3.63, 3.8) is 0 Å². The van der Waals surface area contributed by atoms with Crippen molar-refractivity contribution in [1.82, 2.24) is 9.55 Å². The maximum atomic E-state index is 14.1. The molecule has 1 heterocycles. The monoisotopic (exact) mass is 353 g/mol. The molecule has 1 N–H and O–H groups in total. The predicted octanol–water partition coefficient (Wildman–Crippen LogP) is 3.96. The van der Waals surface area contributed by atoms with Gasteiger partial charge in [-0.3, -0.25) is 14.2 Å². The second kappa shape index (κ2) is 7.47. The summed E-state index contributed by atoms with van der Waals surface area (Å²) in [5.41, 5.74) is 0.894. The van der Waals surface area contributed by atoms with Gasteiger partial charge in [-0.25, -0.2) is 9.37 Å². The third kappa shape index (κ3) is 3.49. The lowest BCUT2D eigenvalue weighted by atomic mass is 10.2. The average Bonchev–Trinajstić information content (AvgIpc) is 2.62. The van der Waals surface area contributed by atoms with Gasteiger partial charge in [0, 0.05) is 6.42 Å². The first-order valence-electron chi connectivity index (χ1n) is 8.59. The number of anilines is 1. The van der Waals surface area contributed by atoms with E-state index in [0.717, 1.165) is 12.8 Å². The number of hydrogen-bond donors (Lipinski definition) is 1. The first kappa shape index (κ1) is 17.8. The van der Waals surface area contributed by atoms with Gasteiger partial charge in [0.05, 0.1) is 22.3 Å². The summed E-state index contributed by atoms with van der Waals surface area (Å²) in [7, 11) is 0. The summed E-state index contributed by atoms with van der Waals surface area (Å²) in [6.07, 6.45) is 1.95. The number of nitrogens with zero attached hydrogens (tertiary/aromatic N) is 2. The first-order valence-corrected chi connectivity index (χ1v) is 8.59. The van der Waals surface area contributed by atoms with E-state index in [1.807, 2.05) is 13.0 Å². The zero-order valence-electron chi connectivity index (χ0n) is 14.8. The van der Waals surface area contributed by atoms with Crippen LogP contribution in [-0.2, 0) is 4.79 Å². The maximum Gasteiger partial charge on any atom is 0.265 e. The predicted molar refractivity (Wildman–Crippen MR) is 100 cm³/mol. The molecule has 2 aromatic carbocycles. The van der Waals surface area contributed by atoms with Gasteiger partial charge in [0.15, 0.2) is 0 Å². The topological polar surface area (TPSA) is 64.0 Å². The van der Waals surface area contributed by atoms with Gasteiger partial charge in [0.2, 0.25) is 5.91 Å². The minimum absolute atomic E-state index is 0.0584. The molecule has 1 aromatic heterocycles. The van der Waals surface area contributed by atoms with Crippen molar-refractivity contribution >= 4 is 22.5 Å². The quantitative estimate of drug-likeness (QED) is 0.755. The lowest BCUT2D eigenvalue weighted by Gasteiger charge is -2.13. The molecule has 0 atom stereocenters. The van der Waals surface area contributed by atoms with Crippen molar-refractivity contribution in [2.45, 2.75) is 33.1 Å². The molecule has 6 heteroatoms. The highest BCUT2D eigenvalue weighted by Crippen LogP contribution is 2.20. The summed E-state index contributed by atoms with van der Waals surface area (Å²) in [6.45, 7) is 3.70. The number of para-hydroxylation sites is 1. The van der Waals surface area contributed by atoms with Gasteiger partial charge in [-0.15, -0.1) is 0 Å². The van der Waals surface area contributed by atoms with Crippen LogP contribution in [0, 0.1) is 12.7 Å². The highest BCUT2D eigenvalue weighted by Gasteiger charge is 2.13. The third-order valence-electron chi connectivity index (χ3n) is 4.18. The van der Waals surface area contributed by atoms with Gasteiger partial charge in [-0.1, -0.05) is 25.5 Å². The van der Waals surface area contributed by atoms with Crippen molar-refractivity contribution in [2.24, 2.45) is 0 Å². The number of aryl methyl sites for hydroxylation is 1. The van der Waals surface area contributed by atoms with Crippen LogP contribution in [0.5, 0.6) is 0 Å². The molecule has 3 aromatic rings. The molecule has 0 saturated carbocycles. The maximum absolute atomic E-state index is 14.1.